The first-order chi connectivity index (χ1) is 10.2. The van der Waals surface area contributed by atoms with Crippen molar-refractivity contribution in [1.29, 1.82) is 0 Å². The number of alkyl halides is 6. The number of benzene rings is 1. The van der Waals surface area contributed by atoms with Crippen molar-refractivity contribution >= 4 is 16.9 Å². The third kappa shape index (κ3) is 5.90. The third-order valence-corrected chi connectivity index (χ3v) is 3.70. The van der Waals surface area contributed by atoms with Crippen LogP contribution >= 0.6 is 11.8 Å². The lowest BCUT2D eigenvalue weighted by atomic mass is 10.0. The molecule has 0 saturated carbocycles. The van der Waals surface area contributed by atoms with Crippen molar-refractivity contribution in [3.8, 4) is 0 Å². The molecule has 1 atom stereocenters. The van der Waals surface area contributed by atoms with E-state index in [0.29, 0.717) is 17.3 Å². The molecule has 124 valence electrons. The van der Waals surface area contributed by atoms with E-state index in [0.717, 1.165) is 0 Å². The van der Waals surface area contributed by atoms with E-state index in [2.05, 4.69) is 0 Å². The van der Waals surface area contributed by atoms with E-state index in [1.165, 1.54) is 12.1 Å². The highest BCUT2D eigenvalue weighted by atomic mass is 32.2. The fraction of sp³-hybridized carbons (Fsp3) is 0.500. The molecule has 0 amide bonds. The molecule has 0 aliphatic carbocycles. The van der Waals surface area contributed by atoms with Crippen LogP contribution in [-0.4, -0.2) is 35.6 Å². The van der Waals surface area contributed by atoms with Gasteiger partial charge in [0.25, 0.3) is 11.8 Å². The highest BCUT2D eigenvalue weighted by Gasteiger charge is 2.48. The molecule has 8 heteroatoms. The standard InChI is InChI=1S/C14H14F6OS/c15-9-13(17,18)8-14(19,20)11(16)6-7-22-12(21)10-4-2-1-3-5-10/h1-5,11H,6-9H2. The summed E-state index contributed by atoms with van der Waals surface area (Å²) in [7, 11) is 0. The maximum Gasteiger partial charge on any atom is 0.284 e. The number of hydrogen-bond acceptors (Lipinski definition) is 2. The predicted octanol–water partition coefficient (Wildman–Crippen LogP) is 4.92. The number of hydrogen-bond donors (Lipinski definition) is 0. The van der Waals surface area contributed by atoms with Gasteiger partial charge in [0, 0.05) is 11.3 Å². The van der Waals surface area contributed by atoms with Crippen molar-refractivity contribution in [2.45, 2.75) is 30.9 Å². The Labute approximate surface area is 128 Å². The van der Waals surface area contributed by atoms with Gasteiger partial charge in [0.05, 0.1) is 6.42 Å². The van der Waals surface area contributed by atoms with Gasteiger partial charge in [0.15, 0.2) is 12.8 Å². The summed E-state index contributed by atoms with van der Waals surface area (Å²) in [5, 5.41) is -0.426. The average Bonchev–Trinajstić information content (AvgIpc) is 2.47. The Morgan fingerprint density at radius 3 is 2.27 bits per heavy atom. The molecule has 0 radical (unpaired) electrons. The van der Waals surface area contributed by atoms with Gasteiger partial charge >= 0.3 is 0 Å². The summed E-state index contributed by atoms with van der Waals surface area (Å²) in [4.78, 5) is 11.6. The topological polar surface area (TPSA) is 17.1 Å². The Morgan fingerprint density at radius 1 is 1.14 bits per heavy atom. The Hall–Kier alpha value is -1.18. The molecule has 1 unspecified atom stereocenters. The van der Waals surface area contributed by atoms with E-state index in [1.54, 1.807) is 18.2 Å². The minimum absolute atomic E-state index is 0.286. The van der Waals surface area contributed by atoms with Crippen molar-refractivity contribution in [3.63, 3.8) is 0 Å². The molecule has 0 heterocycles. The van der Waals surface area contributed by atoms with Crippen LogP contribution in [-0.2, 0) is 0 Å². The largest absolute Gasteiger partial charge is 0.284 e. The summed E-state index contributed by atoms with van der Waals surface area (Å²) in [6.45, 7) is -2.27. The van der Waals surface area contributed by atoms with Crippen LogP contribution in [0.15, 0.2) is 30.3 Å². The van der Waals surface area contributed by atoms with Crippen molar-refractivity contribution < 1.29 is 31.1 Å². The van der Waals surface area contributed by atoms with Gasteiger partial charge in [0.2, 0.25) is 5.12 Å². The zero-order chi connectivity index (χ0) is 16.8. The first-order valence-electron chi connectivity index (χ1n) is 6.36. The van der Waals surface area contributed by atoms with Gasteiger partial charge in [0.1, 0.15) is 0 Å². The van der Waals surface area contributed by atoms with Gasteiger partial charge in [-0.2, -0.15) is 0 Å². The summed E-state index contributed by atoms with van der Waals surface area (Å²) in [5.74, 6) is -8.89. The second-order valence-electron chi connectivity index (χ2n) is 4.69. The lowest BCUT2D eigenvalue weighted by Crippen LogP contribution is -2.38. The second-order valence-corrected chi connectivity index (χ2v) is 5.75. The molecule has 1 nitrogen and oxygen atoms in total. The second kappa shape index (κ2) is 7.89. The van der Waals surface area contributed by atoms with Crippen molar-refractivity contribution in [3.05, 3.63) is 35.9 Å². The number of halogens is 6. The van der Waals surface area contributed by atoms with Crippen molar-refractivity contribution in [2.24, 2.45) is 0 Å². The van der Waals surface area contributed by atoms with Crippen LogP contribution in [0.5, 0.6) is 0 Å². The molecular weight excluding hydrogens is 330 g/mol. The Balaban J connectivity index is 2.45. The van der Waals surface area contributed by atoms with Crippen LogP contribution in [0.2, 0.25) is 0 Å². The van der Waals surface area contributed by atoms with Gasteiger partial charge in [-0.05, 0) is 6.42 Å². The van der Waals surface area contributed by atoms with Crippen molar-refractivity contribution in [1.82, 2.24) is 0 Å². The molecule has 0 aliphatic heterocycles. The summed E-state index contributed by atoms with van der Waals surface area (Å²) in [6, 6.07) is 7.93. The number of thioether (sulfide) groups is 1. The van der Waals surface area contributed by atoms with Gasteiger partial charge < -0.3 is 0 Å². The Bertz CT molecular complexity index is 479. The fourth-order valence-electron chi connectivity index (χ4n) is 1.63. The minimum atomic E-state index is -4.34. The Kier molecular flexibility index (Phi) is 6.77. The summed E-state index contributed by atoms with van der Waals surface area (Å²) >= 11 is 0.624. The van der Waals surface area contributed by atoms with E-state index in [4.69, 9.17) is 0 Å². The quantitative estimate of drug-likeness (QED) is 0.623. The van der Waals surface area contributed by atoms with E-state index in [1.807, 2.05) is 0 Å². The molecule has 0 aliphatic rings. The predicted molar refractivity (Wildman–Crippen MR) is 73.2 cm³/mol. The van der Waals surface area contributed by atoms with Gasteiger partial charge in [-0.1, -0.05) is 42.1 Å². The van der Waals surface area contributed by atoms with Crippen molar-refractivity contribution in [2.75, 3.05) is 12.4 Å². The lowest BCUT2D eigenvalue weighted by molar-refractivity contribution is -0.151. The number of carbonyl (C=O) groups excluding carboxylic acids is 1. The van der Waals surface area contributed by atoms with Crippen LogP contribution < -0.4 is 0 Å². The number of carbonyl (C=O) groups is 1. The normalized spacial score (nSPS) is 13.9. The first-order valence-corrected chi connectivity index (χ1v) is 7.34. The van der Waals surface area contributed by atoms with E-state index in [9.17, 15) is 31.1 Å². The van der Waals surface area contributed by atoms with Gasteiger partial charge in [-0.15, -0.1) is 0 Å². The molecule has 0 N–H and O–H groups in total. The zero-order valence-electron chi connectivity index (χ0n) is 11.4. The van der Waals surface area contributed by atoms with E-state index in [-0.39, 0.29) is 5.75 Å². The maximum absolute atomic E-state index is 13.4. The van der Waals surface area contributed by atoms with E-state index >= 15 is 0 Å². The van der Waals surface area contributed by atoms with Crippen LogP contribution in [0.4, 0.5) is 26.3 Å². The van der Waals surface area contributed by atoms with Crippen LogP contribution in [0.3, 0.4) is 0 Å². The van der Waals surface area contributed by atoms with Crippen LogP contribution in [0.25, 0.3) is 0 Å². The van der Waals surface area contributed by atoms with E-state index < -0.39 is 42.6 Å². The third-order valence-electron chi connectivity index (χ3n) is 2.76. The molecule has 1 aromatic rings. The average molecular weight is 344 g/mol. The molecule has 0 aromatic heterocycles. The molecule has 0 spiro atoms. The summed E-state index contributed by atoms with van der Waals surface area (Å²) < 4.78 is 76.9. The minimum Gasteiger partial charge on any atom is -0.282 e. The monoisotopic (exact) mass is 344 g/mol. The molecular formula is C14H14F6OS. The Morgan fingerprint density at radius 2 is 1.73 bits per heavy atom. The highest BCUT2D eigenvalue weighted by molar-refractivity contribution is 8.14. The molecule has 0 saturated heterocycles. The maximum atomic E-state index is 13.4. The number of rotatable bonds is 8. The fourth-order valence-corrected chi connectivity index (χ4v) is 2.44. The first kappa shape index (κ1) is 18.9. The van der Waals surface area contributed by atoms with Gasteiger partial charge in [-0.25, -0.2) is 26.3 Å². The lowest BCUT2D eigenvalue weighted by Gasteiger charge is -2.24. The smallest absolute Gasteiger partial charge is 0.282 e. The highest BCUT2D eigenvalue weighted by Crippen LogP contribution is 2.36. The summed E-state index contributed by atoms with van der Waals surface area (Å²) in [5.41, 5.74) is 0.332. The molecule has 22 heavy (non-hydrogen) atoms. The van der Waals surface area contributed by atoms with Gasteiger partial charge in [-0.3, -0.25) is 4.79 Å². The molecule has 0 bridgehead atoms. The SMILES string of the molecule is O=C(SCCC(F)C(F)(F)CC(F)(F)CF)c1ccccc1. The van der Waals surface area contributed by atoms with Crippen LogP contribution in [0, 0.1) is 0 Å². The molecule has 1 rings (SSSR count). The van der Waals surface area contributed by atoms with Crippen LogP contribution in [0.1, 0.15) is 23.2 Å². The molecule has 1 aromatic carbocycles. The molecule has 0 fully saturated rings. The summed E-state index contributed by atoms with van der Waals surface area (Å²) in [6.07, 6.45) is -5.82. The zero-order valence-corrected chi connectivity index (χ0v) is 12.2.